The number of methoxy groups -OCH3 is 1. The molecule has 0 unspecified atom stereocenters. The van der Waals surface area contributed by atoms with Gasteiger partial charge in [0, 0.05) is 19.8 Å². The van der Waals surface area contributed by atoms with Gasteiger partial charge in [-0.25, -0.2) is 9.79 Å². The van der Waals surface area contributed by atoms with Crippen molar-refractivity contribution in [2.24, 2.45) is 4.99 Å². The summed E-state index contributed by atoms with van der Waals surface area (Å²) in [5.41, 5.74) is 2.40. The van der Waals surface area contributed by atoms with Crippen LogP contribution in [0.15, 0.2) is 52.4 Å². The van der Waals surface area contributed by atoms with Crippen molar-refractivity contribution in [3.05, 3.63) is 58.5 Å². The van der Waals surface area contributed by atoms with Gasteiger partial charge in [-0.3, -0.25) is 4.79 Å². The molecule has 8 heteroatoms. The van der Waals surface area contributed by atoms with E-state index in [1.54, 1.807) is 12.1 Å². The van der Waals surface area contributed by atoms with Crippen molar-refractivity contribution >= 4 is 46.3 Å². The Morgan fingerprint density at radius 3 is 2.57 bits per heavy atom. The fourth-order valence-corrected chi connectivity index (χ4v) is 3.33. The average molecular weight is 397 g/mol. The number of phenolic OH excluding ortho intramolecular Hbond substituents is 1. The number of carbonyl (C=O) groups is 2. The Morgan fingerprint density at radius 2 is 1.93 bits per heavy atom. The number of rotatable bonds is 4. The predicted molar refractivity (Wildman–Crippen MR) is 111 cm³/mol. The molecule has 2 N–H and O–H groups in total. The van der Waals surface area contributed by atoms with Crippen LogP contribution in [0.1, 0.15) is 15.9 Å². The molecule has 0 saturated carbocycles. The molecule has 1 aliphatic rings. The van der Waals surface area contributed by atoms with Crippen molar-refractivity contribution in [2.45, 2.75) is 0 Å². The number of thioether (sulfide) groups is 1. The highest BCUT2D eigenvalue weighted by Crippen LogP contribution is 2.30. The number of amides is 1. The van der Waals surface area contributed by atoms with E-state index >= 15 is 0 Å². The molecule has 7 nitrogen and oxygen atoms in total. The van der Waals surface area contributed by atoms with E-state index in [0.717, 1.165) is 11.3 Å². The summed E-state index contributed by atoms with van der Waals surface area (Å²) in [5, 5.41) is 12.9. The first-order valence-electron chi connectivity index (χ1n) is 8.35. The van der Waals surface area contributed by atoms with Gasteiger partial charge >= 0.3 is 5.97 Å². The van der Waals surface area contributed by atoms with Crippen LogP contribution in [0.4, 0.5) is 11.4 Å². The summed E-state index contributed by atoms with van der Waals surface area (Å²) in [5.74, 6) is -1.10. The van der Waals surface area contributed by atoms with Crippen molar-refractivity contribution in [3.63, 3.8) is 0 Å². The molecule has 2 aromatic carbocycles. The molecule has 2 aromatic rings. The summed E-state index contributed by atoms with van der Waals surface area (Å²) >= 11 is 1.20. The fraction of sp³-hybridized carbons (Fsp3) is 0.150. The monoisotopic (exact) mass is 397 g/mol. The molecule has 1 saturated heterocycles. The van der Waals surface area contributed by atoms with E-state index in [4.69, 9.17) is 0 Å². The predicted octanol–water partition coefficient (Wildman–Crippen LogP) is 3.14. The number of esters is 1. The third-order valence-corrected chi connectivity index (χ3v) is 4.88. The SMILES string of the molecule is COC(=O)c1cc(N=C2NC(=O)/C(=C/c3ccc(N(C)C)cc3)S2)ccc1O. The summed E-state index contributed by atoms with van der Waals surface area (Å²) in [4.78, 5) is 30.8. The molecule has 0 atom stereocenters. The first-order valence-corrected chi connectivity index (χ1v) is 9.17. The second-order valence-electron chi connectivity index (χ2n) is 6.16. The van der Waals surface area contributed by atoms with Gasteiger partial charge in [0.05, 0.1) is 17.7 Å². The van der Waals surface area contributed by atoms with Gasteiger partial charge in [-0.2, -0.15) is 0 Å². The quantitative estimate of drug-likeness (QED) is 0.608. The van der Waals surface area contributed by atoms with Gasteiger partial charge in [-0.05, 0) is 53.7 Å². The summed E-state index contributed by atoms with van der Waals surface area (Å²) < 4.78 is 4.63. The number of ether oxygens (including phenoxy) is 1. The van der Waals surface area contributed by atoms with Crippen LogP contribution in [0, 0.1) is 0 Å². The van der Waals surface area contributed by atoms with Crippen molar-refractivity contribution in [3.8, 4) is 5.75 Å². The van der Waals surface area contributed by atoms with Crippen LogP contribution in [-0.2, 0) is 9.53 Å². The largest absolute Gasteiger partial charge is 0.507 e. The molecule has 3 rings (SSSR count). The minimum absolute atomic E-state index is 0.00965. The van der Waals surface area contributed by atoms with Gasteiger partial charge in [0.25, 0.3) is 5.91 Å². The highest BCUT2D eigenvalue weighted by Gasteiger charge is 2.24. The minimum Gasteiger partial charge on any atom is -0.507 e. The van der Waals surface area contributed by atoms with Crippen molar-refractivity contribution in [1.82, 2.24) is 5.32 Å². The summed E-state index contributed by atoms with van der Waals surface area (Å²) in [6.07, 6.45) is 1.79. The Bertz CT molecular complexity index is 981. The second-order valence-corrected chi connectivity index (χ2v) is 7.19. The summed E-state index contributed by atoms with van der Waals surface area (Å²) in [7, 11) is 5.16. The number of aliphatic imine (C=N–C) groups is 1. The topological polar surface area (TPSA) is 91.2 Å². The zero-order valence-electron chi connectivity index (χ0n) is 15.6. The first kappa shape index (κ1) is 19.5. The Kier molecular flexibility index (Phi) is 5.70. The van der Waals surface area contributed by atoms with E-state index in [0.29, 0.717) is 15.8 Å². The summed E-state index contributed by atoms with van der Waals surface area (Å²) in [6, 6.07) is 12.1. The fourth-order valence-electron chi connectivity index (χ4n) is 2.48. The lowest BCUT2D eigenvalue weighted by Gasteiger charge is -2.11. The molecule has 1 fully saturated rings. The lowest BCUT2D eigenvalue weighted by molar-refractivity contribution is -0.115. The van der Waals surface area contributed by atoms with Crippen LogP contribution in [0.5, 0.6) is 5.75 Å². The number of nitrogens with one attached hydrogen (secondary N) is 1. The lowest BCUT2D eigenvalue weighted by Crippen LogP contribution is -2.19. The first-order chi connectivity index (χ1) is 13.4. The third-order valence-electron chi connectivity index (χ3n) is 3.97. The molecule has 1 heterocycles. The van der Waals surface area contributed by atoms with Crippen LogP contribution < -0.4 is 10.2 Å². The van der Waals surface area contributed by atoms with Crippen molar-refractivity contribution in [2.75, 3.05) is 26.1 Å². The molecular weight excluding hydrogens is 378 g/mol. The Hall–Kier alpha value is -3.26. The number of hydrogen-bond donors (Lipinski definition) is 2. The van der Waals surface area contributed by atoms with Gasteiger partial charge < -0.3 is 20.1 Å². The standard InChI is InChI=1S/C20H19N3O4S/c1-23(2)14-7-4-12(5-8-14)10-17-18(25)22-20(28-17)21-13-6-9-16(24)15(11-13)19(26)27-3/h4-11,24H,1-3H3,(H,21,22,25)/b17-10-. The van der Waals surface area contributed by atoms with Gasteiger partial charge in [-0.1, -0.05) is 12.1 Å². The van der Waals surface area contributed by atoms with Crippen LogP contribution in [0.2, 0.25) is 0 Å². The molecule has 0 aromatic heterocycles. The minimum atomic E-state index is -0.663. The number of hydrogen-bond acceptors (Lipinski definition) is 7. The third kappa shape index (κ3) is 4.34. The number of amidine groups is 1. The number of nitrogens with zero attached hydrogens (tertiary/aromatic N) is 2. The lowest BCUT2D eigenvalue weighted by atomic mass is 10.2. The van der Waals surface area contributed by atoms with Gasteiger partial charge in [0.1, 0.15) is 11.3 Å². The number of anilines is 1. The maximum Gasteiger partial charge on any atom is 0.341 e. The maximum atomic E-state index is 12.2. The smallest absolute Gasteiger partial charge is 0.341 e. The molecule has 0 bridgehead atoms. The number of phenols is 1. The molecule has 1 amide bonds. The van der Waals surface area contributed by atoms with Gasteiger partial charge in [-0.15, -0.1) is 0 Å². The van der Waals surface area contributed by atoms with Crippen molar-refractivity contribution < 1.29 is 19.4 Å². The summed E-state index contributed by atoms with van der Waals surface area (Å²) in [6.45, 7) is 0. The van der Waals surface area contributed by atoms with Crippen LogP contribution in [-0.4, -0.2) is 43.4 Å². The molecule has 28 heavy (non-hydrogen) atoms. The normalized spacial score (nSPS) is 16.3. The van der Waals surface area contributed by atoms with Crippen molar-refractivity contribution in [1.29, 1.82) is 0 Å². The van der Waals surface area contributed by atoms with Crippen LogP contribution in [0.25, 0.3) is 6.08 Å². The number of carbonyl (C=O) groups excluding carboxylic acids is 2. The van der Waals surface area contributed by atoms with Gasteiger partial charge in [0.15, 0.2) is 5.17 Å². The van der Waals surface area contributed by atoms with E-state index in [9.17, 15) is 14.7 Å². The van der Waals surface area contributed by atoms with E-state index in [2.05, 4.69) is 15.0 Å². The average Bonchev–Trinajstić information content (AvgIpc) is 3.02. The van der Waals surface area contributed by atoms with E-state index in [-0.39, 0.29) is 17.2 Å². The molecule has 1 aliphatic heterocycles. The van der Waals surface area contributed by atoms with Crippen LogP contribution >= 0.6 is 11.8 Å². The highest BCUT2D eigenvalue weighted by molar-refractivity contribution is 8.18. The number of aromatic hydroxyl groups is 1. The molecule has 0 radical (unpaired) electrons. The molecule has 0 aliphatic carbocycles. The van der Waals surface area contributed by atoms with Gasteiger partial charge in [0.2, 0.25) is 0 Å². The Morgan fingerprint density at radius 1 is 1.21 bits per heavy atom. The maximum absolute atomic E-state index is 12.2. The second kappa shape index (κ2) is 8.18. The molecule has 144 valence electrons. The van der Waals surface area contributed by atoms with E-state index in [1.807, 2.05) is 43.3 Å². The zero-order chi connectivity index (χ0) is 20.3. The zero-order valence-corrected chi connectivity index (χ0v) is 16.4. The molecule has 0 spiro atoms. The molecular formula is C20H19N3O4S. The van der Waals surface area contributed by atoms with E-state index < -0.39 is 5.97 Å². The Balaban J connectivity index is 1.81. The van der Waals surface area contributed by atoms with E-state index in [1.165, 1.54) is 31.0 Å². The Labute approximate surface area is 166 Å². The number of benzene rings is 2. The van der Waals surface area contributed by atoms with Crippen LogP contribution in [0.3, 0.4) is 0 Å². The highest BCUT2D eigenvalue weighted by atomic mass is 32.2.